The molecule has 0 unspecified atom stereocenters. The number of hydrogen-bond donors (Lipinski definition) is 0. The zero-order valence-electron chi connectivity index (χ0n) is 12.8. The highest BCUT2D eigenvalue weighted by molar-refractivity contribution is 5.66. The molecule has 0 saturated carbocycles. The van der Waals surface area contributed by atoms with Crippen molar-refractivity contribution in [2.24, 2.45) is 0 Å². The molecular formula is C19H23F. The summed E-state index contributed by atoms with van der Waals surface area (Å²) in [6, 6.07) is 14.5. The Hall–Kier alpha value is -1.63. The van der Waals surface area contributed by atoms with Crippen molar-refractivity contribution in [3.05, 3.63) is 59.2 Å². The fraction of sp³-hybridized carbons (Fsp3) is 0.368. The average Bonchev–Trinajstić information content (AvgIpc) is 2.46. The van der Waals surface area contributed by atoms with E-state index in [-0.39, 0.29) is 0 Å². The van der Waals surface area contributed by atoms with Gasteiger partial charge in [0.15, 0.2) is 0 Å². The third kappa shape index (κ3) is 3.27. The zero-order valence-corrected chi connectivity index (χ0v) is 12.8. The van der Waals surface area contributed by atoms with Gasteiger partial charge < -0.3 is 0 Å². The van der Waals surface area contributed by atoms with Crippen LogP contribution < -0.4 is 0 Å². The van der Waals surface area contributed by atoms with Gasteiger partial charge >= 0.3 is 0 Å². The molecule has 0 atom stereocenters. The highest BCUT2D eigenvalue weighted by Gasteiger charge is 2.18. The summed E-state index contributed by atoms with van der Waals surface area (Å²) in [5, 5.41) is 0. The maximum absolute atomic E-state index is 14.1. The second kappa shape index (κ2) is 5.78. The Kier molecular flexibility index (Phi) is 4.27. The van der Waals surface area contributed by atoms with E-state index < -0.39 is 5.67 Å². The topological polar surface area (TPSA) is 0 Å². The van der Waals surface area contributed by atoms with Crippen LogP contribution in [0.1, 0.15) is 44.4 Å². The lowest BCUT2D eigenvalue weighted by atomic mass is 9.93. The minimum atomic E-state index is -1.30. The summed E-state index contributed by atoms with van der Waals surface area (Å²) in [5.41, 5.74) is 4.39. The van der Waals surface area contributed by atoms with Crippen molar-refractivity contribution >= 4 is 0 Å². The molecule has 2 aromatic rings. The van der Waals surface area contributed by atoms with Gasteiger partial charge in [0.25, 0.3) is 0 Å². The number of halogens is 1. The number of aryl methyl sites for hydroxylation is 2. The molecule has 106 valence electrons. The van der Waals surface area contributed by atoms with Gasteiger partial charge in [-0.15, -0.1) is 0 Å². The first-order valence-corrected chi connectivity index (χ1v) is 7.36. The van der Waals surface area contributed by atoms with Crippen LogP contribution in [0.2, 0.25) is 0 Å². The van der Waals surface area contributed by atoms with Gasteiger partial charge in [-0.25, -0.2) is 4.39 Å². The third-order valence-electron chi connectivity index (χ3n) is 3.75. The van der Waals surface area contributed by atoms with E-state index in [0.29, 0.717) is 0 Å². The highest BCUT2D eigenvalue weighted by atomic mass is 19.1. The molecule has 0 fully saturated rings. The van der Waals surface area contributed by atoms with Crippen LogP contribution in [-0.2, 0) is 18.5 Å². The molecule has 1 heteroatoms. The van der Waals surface area contributed by atoms with E-state index in [2.05, 4.69) is 38.1 Å². The zero-order chi connectivity index (χ0) is 14.8. The molecule has 2 aromatic carbocycles. The van der Waals surface area contributed by atoms with Crippen LogP contribution in [0.4, 0.5) is 4.39 Å². The average molecular weight is 270 g/mol. The molecule has 0 aliphatic carbocycles. The van der Waals surface area contributed by atoms with Crippen LogP contribution in [-0.4, -0.2) is 0 Å². The van der Waals surface area contributed by atoms with Gasteiger partial charge in [0.05, 0.1) is 0 Å². The molecule has 20 heavy (non-hydrogen) atoms. The van der Waals surface area contributed by atoms with Crippen LogP contribution >= 0.6 is 0 Å². The van der Waals surface area contributed by atoms with E-state index in [0.717, 1.165) is 24.0 Å². The van der Waals surface area contributed by atoms with E-state index in [4.69, 9.17) is 0 Å². The van der Waals surface area contributed by atoms with Crippen LogP contribution in [0.15, 0.2) is 42.5 Å². The molecule has 0 aromatic heterocycles. The Labute approximate surface area is 121 Å². The predicted molar refractivity (Wildman–Crippen MR) is 84.8 cm³/mol. The van der Waals surface area contributed by atoms with Crippen molar-refractivity contribution in [3.63, 3.8) is 0 Å². The van der Waals surface area contributed by atoms with Crippen molar-refractivity contribution in [1.82, 2.24) is 0 Å². The van der Waals surface area contributed by atoms with Gasteiger partial charge in [-0.3, -0.25) is 0 Å². The van der Waals surface area contributed by atoms with Gasteiger partial charge in [0.2, 0.25) is 0 Å². The molecule has 0 aliphatic rings. The first-order valence-electron chi connectivity index (χ1n) is 7.36. The molecule has 2 rings (SSSR count). The lowest BCUT2D eigenvalue weighted by Crippen LogP contribution is -2.08. The molecular weight excluding hydrogens is 247 g/mol. The SMILES string of the molecule is CCc1cc(CC)cc(-c2cccc(C(C)(C)F)c2)c1. The monoisotopic (exact) mass is 270 g/mol. The molecule has 0 nitrogen and oxygen atoms in total. The van der Waals surface area contributed by atoms with Crippen molar-refractivity contribution in [2.45, 2.75) is 46.2 Å². The predicted octanol–water partition coefficient (Wildman–Crippen LogP) is 5.68. The lowest BCUT2D eigenvalue weighted by molar-refractivity contribution is 0.221. The molecule has 0 N–H and O–H groups in total. The van der Waals surface area contributed by atoms with Gasteiger partial charge in [0, 0.05) is 0 Å². The van der Waals surface area contributed by atoms with Crippen molar-refractivity contribution < 1.29 is 4.39 Å². The van der Waals surface area contributed by atoms with Crippen LogP contribution in [0, 0.1) is 0 Å². The summed E-state index contributed by atoms with van der Waals surface area (Å²) in [4.78, 5) is 0. The number of benzene rings is 2. The fourth-order valence-electron chi connectivity index (χ4n) is 2.41. The van der Waals surface area contributed by atoms with E-state index in [9.17, 15) is 4.39 Å². The van der Waals surface area contributed by atoms with Crippen LogP contribution in [0.25, 0.3) is 11.1 Å². The lowest BCUT2D eigenvalue weighted by Gasteiger charge is -2.16. The molecule has 0 aliphatic heterocycles. The first kappa shape index (κ1) is 14.8. The molecule has 0 bridgehead atoms. The normalized spacial score (nSPS) is 11.7. The van der Waals surface area contributed by atoms with Gasteiger partial charge in [-0.05, 0) is 60.6 Å². The molecule has 0 amide bonds. The van der Waals surface area contributed by atoms with Gasteiger partial charge in [-0.2, -0.15) is 0 Å². The molecule has 0 radical (unpaired) electrons. The smallest absolute Gasteiger partial charge is 0.130 e. The summed E-state index contributed by atoms with van der Waals surface area (Å²) in [6.07, 6.45) is 2.05. The summed E-state index contributed by atoms with van der Waals surface area (Å²) in [6.45, 7) is 7.54. The highest BCUT2D eigenvalue weighted by Crippen LogP contribution is 2.30. The standard InChI is InChI=1S/C19H23F/c1-5-14-10-15(6-2)12-17(11-14)16-8-7-9-18(13-16)19(3,4)20/h7-13H,5-6H2,1-4H3. The van der Waals surface area contributed by atoms with E-state index in [1.54, 1.807) is 13.8 Å². The van der Waals surface area contributed by atoms with Crippen LogP contribution in [0.3, 0.4) is 0 Å². The van der Waals surface area contributed by atoms with Crippen molar-refractivity contribution in [3.8, 4) is 11.1 Å². The summed E-state index contributed by atoms with van der Waals surface area (Å²) in [5.74, 6) is 0. The Morgan fingerprint density at radius 1 is 0.850 bits per heavy atom. The Bertz CT molecular complexity index is 569. The fourth-order valence-corrected chi connectivity index (χ4v) is 2.41. The Balaban J connectivity index is 2.51. The number of rotatable bonds is 4. The van der Waals surface area contributed by atoms with Gasteiger partial charge in [-0.1, -0.05) is 50.2 Å². The maximum Gasteiger partial charge on any atom is 0.130 e. The first-order chi connectivity index (χ1) is 9.44. The second-order valence-electron chi connectivity index (χ2n) is 5.80. The number of alkyl halides is 1. The molecule has 0 spiro atoms. The van der Waals surface area contributed by atoms with Crippen molar-refractivity contribution in [2.75, 3.05) is 0 Å². The minimum Gasteiger partial charge on any atom is -0.239 e. The third-order valence-corrected chi connectivity index (χ3v) is 3.75. The molecule has 0 heterocycles. The summed E-state index contributed by atoms with van der Waals surface area (Å²) < 4.78 is 14.1. The second-order valence-corrected chi connectivity index (χ2v) is 5.80. The summed E-state index contributed by atoms with van der Waals surface area (Å²) in [7, 11) is 0. The minimum absolute atomic E-state index is 0.731. The Morgan fingerprint density at radius 2 is 1.45 bits per heavy atom. The largest absolute Gasteiger partial charge is 0.239 e. The van der Waals surface area contributed by atoms with Gasteiger partial charge in [0.1, 0.15) is 5.67 Å². The maximum atomic E-state index is 14.1. The van der Waals surface area contributed by atoms with E-state index in [1.807, 2.05) is 18.2 Å². The quantitative estimate of drug-likeness (QED) is 0.670. The van der Waals surface area contributed by atoms with E-state index in [1.165, 1.54) is 16.7 Å². The molecule has 0 saturated heterocycles. The summed E-state index contributed by atoms with van der Waals surface area (Å²) >= 11 is 0. The Morgan fingerprint density at radius 3 is 1.95 bits per heavy atom. The van der Waals surface area contributed by atoms with Crippen LogP contribution in [0.5, 0.6) is 0 Å². The number of hydrogen-bond acceptors (Lipinski definition) is 0. The van der Waals surface area contributed by atoms with Crippen molar-refractivity contribution in [1.29, 1.82) is 0 Å². The van der Waals surface area contributed by atoms with E-state index >= 15 is 0 Å².